The highest BCUT2D eigenvalue weighted by Gasteiger charge is 2.30. The summed E-state index contributed by atoms with van der Waals surface area (Å²) in [5.41, 5.74) is 3.27. The van der Waals surface area contributed by atoms with E-state index in [0.717, 1.165) is 17.9 Å². The molecule has 0 aromatic heterocycles. The first-order valence-electron chi connectivity index (χ1n) is 8.69. The van der Waals surface area contributed by atoms with Crippen molar-refractivity contribution in [1.29, 1.82) is 0 Å². The second-order valence-electron chi connectivity index (χ2n) is 6.78. The first kappa shape index (κ1) is 14.1. The fraction of sp³-hybridized carbons (Fsp3) is 0.684. The van der Waals surface area contributed by atoms with Crippen LogP contribution in [-0.2, 0) is 6.42 Å². The summed E-state index contributed by atoms with van der Waals surface area (Å²) in [6.45, 7) is 3.47. The Balaban J connectivity index is 1.68. The van der Waals surface area contributed by atoms with Crippen LogP contribution in [0.3, 0.4) is 0 Å². The van der Waals surface area contributed by atoms with E-state index in [1.54, 1.807) is 11.1 Å². The zero-order valence-corrected chi connectivity index (χ0v) is 12.9. The molecule has 1 fully saturated rings. The summed E-state index contributed by atoms with van der Waals surface area (Å²) in [5, 5.41) is 3.85. The smallest absolute Gasteiger partial charge is 0.0101 e. The Bertz CT molecular complexity index is 422. The molecule has 2 atom stereocenters. The molecule has 0 radical (unpaired) electrons. The van der Waals surface area contributed by atoms with Crippen LogP contribution < -0.4 is 5.32 Å². The van der Waals surface area contributed by atoms with Gasteiger partial charge in [-0.05, 0) is 74.5 Å². The molecule has 0 spiro atoms. The predicted octanol–water partition coefficient (Wildman–Crippen LogP) is 4.66. The summed E-state index contributed by atoms with van der Waals surface area (Å²) in [6, 6.07) is 9.94. The highest BCUT2D eigenvalue weighted by Crippen LogP contribution is 2.39. The van der Waals surface area contributed by atoms with Gasteiger partial charge in [0.2, 0.25) is 0 Å². The zero-order valence-electron chi connectivity index (χ0n) is 12.9. The van der Waals surface area contributed by atoms with Crippen molar-refractivity contribution < 1.29 is 0 Å². The van der Waals surface area contributed by atoms with Crippen LogP contribution in [-0.4, -0.2) is 12.6 Å². The largest absolute Gasteiger partial charge is 0.314 e. The van der Waals surface area contributed by atoms with Crippen LogP contribution in [0, 0.1) is 5.92 Å². The molecule has 1 aromatic carbocycles. The number of benzene rings is 1. The minimum absolute atomic E-state index is 0.764. The van der Waals surface area contributed by atoms with Crippen LogP contribution in [0.25, 0.3) is 0 Å². The molecule has 1 heteroatoms. The van der Waals surface area contributed by atoms with Gasteiger partial charge >= 0.3 is 0 Å². The van der Waals surface area contributed by atoms with Gasteiger partial charge in [-0.3, -0.25) is 0 Å². The maximum atomic E-state index is 3.85. The van der Waals surface area contributed by atoms with Crippen molar-refractivity contribution in [3.8, 4) is 0 Å². The van der Waals surface area contributed by atoms with Crippen LogP contribution in [0.15, 0.2) is 24.3 Å². The lowest BCUT2D eigenvalue weighted by atomic mass is 9.73. The third-order valence-electron chi connectivity index (χ3n) is 5.41. The molecule has 0 aliphatic heterocycles. The third kappa shape index (κ3) is 3.09. The second-order valence-corrected chi connectivity index (χ2v) is 6.78. The van der Waals surface area contributed by atoms with Gasteiger partial charge in [0.1, 0.15) is 0 Å². The molecule has 3 rings (SSSR count). The van der Waals surface area contributed by atoms with Gasteiger partial charge in [-0.2, -0.15) is 0 Å². The quantitative estimate of drug-likeness (QED) is 0.793. The minimum Gasteiger partial charge on any atom is -0.314 e. The minimum atomic E-state index is 0.764. The standard InChI is InChI=1S/C19H29N/c1-2-13-20-19(16-9-6-10-16)14-17-11-5-8-15-7-3-4-12-18(15)17/h3-4,7,12,16-17,19-20H,2,5-6,8-11,13-14H2,1H3. The number of fused-ring (bicyclic) bond motifs is 1. The lowest BCUT2D eigenvalue weighted by molar-refractivity contribution is 0.208. The van der Waals surface area contributed by atoms with Crippen LogP contribution >= 0.6 is 0 Å². The fourth-order valence-electron chi connectivity index (χ4n) is 4.02. The lowest BCUT2D eigenvalue weighted by Gasteiger charge is -2.38. The monoisotopic (exact) mass is 271 g/mol. The molecule has 0 amide bonds. The van der Waals surface area contributed by atoms with Crippen molar-refractivity contribution in [1.82, 2.24) is 5.32 Å². The number of rotatable bonds is 6. The van der Waals surface area contributed by atoms with E-state index in [2.05, 4.69) is 36.5 Å². The Kier molecular flexibility index (Phi) is 4.77. The van der Waals surface area contributed by atoms with Crippen LogP contribution in [0.2, 0.25) is 0 Å². The molecular weight excluding hydrogens is 242 g/mol. The molecule has 0 saturated heterocycles. The average Bonchev–Trinajstić information content (AvgIpc) is 2.43. The van der Waals surface area contributed by atoms with Crippen LogP contribution in [0.1, 0.15) is 68.9 Å². The average molecular weight is 271 g/mol. The molecule has 1 nitrogen and oxygen atoms in total. The van der Waals surface area contributed by atoms with Crippen molar-refractivity contribution in [2.24, 2.45) is 5.92 Å². The summed E-state index contributed by atoms with van der Waals surface area (Å²) >= 11 is 0. The Labute approximate surface area is 124 Å². The van der Waals surface area contributed by atoms with E-state index in [1.807, 2.05) is 0 Å². The number of hydrogen-bond donors (Lipinski definition) is 1. The lowest BCUT2D eigenvalue weighted by Crippen LogP contribution is -2.41. The van der Waals surface area contributed by atoms with E-state index in [9.17, 15) is 0 Å². The molecule has 0 heterocycles. The number of hydrogen-bond acceptors (Lipinski definition) is 1. The maximum absolute atomic E-state index is 3.85. The molecule has 1 N–H and O–H groups in total. The maximum Gasteiger partial charge on any atom is 0.0101 e. The van der Waals surface area contributed by atoms with Gasteiger partial charge in [0.05, 0.1) is 0 Å². The van der Waals surface area contributed by atoms with Crippen molar-refractivity contribution in [3.05, 3.63) is 35.4 Å². The molecule has 110 valence electrons. The fourth-order valence-corrected chi connectivity index (χ4v) is 4.02. The topological polar surface area (TPSA) is 12.0 Å². The highest BCUT2D eigenvalue weighted by atomic mass is 14.9. The zero-order chi connectivity index (χ0) is 13.8. The molecule has 1 saturated carbocycles. The van der Waals surface area contributed by atoms with Crippen molar-refractivity contribution in [3.63, 3.8) is 0 Å². The molecule has 0 bridgehead atoms. The van der Waals surface area contributed by atoms with Gasteiger partial charge in [-0.1, -0.05) is 37.6 Å². The normalized spacial score (nSPS) is 23.9. The first-order chi connectivity index (χ1) is 9.88. The molecule has 2 unspecified atom stereocenters. The van der Waals surface area contributed by atoms with Crippen LogP contribution in [0.5, 0.6) is 0 Å². The SMILES string of the molecule is CCCNC(CC1CCCc2ccccc21)C1CCC1. The van der Waals surface area contributed by atoms with Gasteiger partial charge in [-0.15, -0.1) is 0 Å². The van der Waals surface area contributed by atoms with Gasteiger partial charge in [-0.25, -0.2) is 0 Å². The van der Waals surface area contributed by atoms with Gasteiger partial charge < -0.3 is 5.32 Å². The summed E-state index contributed by atoms with van der Waals surface area (Å²) in [7, 11) is 0. The Morgan fingerprint density at radius 2 is 2.00 bits per heavy atom. The van der Waals surface area contributed by atoms with Gasteiger partial charge in [0.25, 0.3) is 0 Å². The van der Waals surface area contributed by atoms with E-state index < -0.39 is 0 Å². The number of aryl methyl sites for hydroxylation is 1. The third-order valence-corrected chi connectivity index (χ3v) is 5.41. The first-order valence-corrected chi connectivity index (χ1v) is 8.69. The summed E-state index contributed by atoms with van der Waals surface area (Å²) in [4.78, 5) is 0. The van der Waals surface area contributed by atoms with Crippen molar-refractivity contribution in [2.45, 2.75) is 70.3 Å². The van der Waals surface area contributed by atoms with Crippen molar-refractivity contribution >= 4 is 0 Å². The van der Waals surface area contributed by atoms with Crippen molar-refractivity contribution in [2.75, 3.05) is 6.54 Å². The Morgan fingerprint density at radius 3 is 2.75 bits per heavy atom. The van der Waals surface area contributed by atoms with Gasteiger partial charge in [0, 0.05) is 6.04 Å². The predicted molar refractivity (Wildman–Crippen MR) is 86.2 cm³/mol. The second kappa shape index (κ2) is 6.76. The van der Waals surface area contributed by atoms with Crippen LogP contribution in [0.4, 0.5) is 0 Å². The summed E-state index contributed by atoms with van der Waals surface area (Å²) in [6.07, 6.45) is 11.1. The van der Waals surface area contributed by atoms with E-state index in [1.165, 1.54) is 57.9 Å². The van der Waals surface area contributed by atoms with E-state index in [0.29, 0.717) is 0 Å². The van der Waals surface area contributed by atoms with E-state index in [4.69, 9.17) is 0 Å². The number of nitrogens with one attached hydrogen (secondary N) is 1. The van der Waals surface area contributed by atoms with E-state index in [-0.39, 0.29) is 0 Å². The summed E-state index contributed by atoms with van der Waals surface area (Å²) < 4.78 is 0. The molecule has 20 heavy (non-hydrogen) atoms. The molecule has 2 aliphatic rings. The molecule has 2 aliphatic carbocycles. The van der Waals surface area contributed by atoms with Gasteiger partial charge in [0.15, 0.2) is 0 Å². The summed E-state index contributed by atoms with van der Waals surface area (Å²) in [5.74, 6) is 1.76. The molecule has 1 aromatic rings. The highest BCUT2D eigenvalue weighted by molar-refractivity contribution is 5.32. The Hall–Kier alpha value is -0.820. The van der Waals surface area contributed by atoms with E-state index >= 15 is 0 Å². The molecular formula is C19H29N. The Morgan fingerprint density at radius 1 is 1.15 bits per heavy atom.